The molecule has 184 valence electrons. The first-order chi connectivity index (χ1) is 15.6. The van der Waals surface area contributed by atoms with E-state index in [1.807, 2.05) is 13.8 Å². The standard InChI is InChI=1S/C28H40S.C2H6.C2H4/c1-8-10-21-11-13-22(14-12-21)28(7,29-19-9-2)23-15-16-24-25(20-23)27(5,6)18-17-26(24,3)4;2*1-2/h11-16,20H,8-10,17-19H2,1-7H3;1-2H3;1-2H2. The molecule has 1 heteroatoms. The molecule has 2 aromatic rings. The summed E-state index contributed by atoms with van der Waals surface area (Å²) in [5.41, 5.74) is 8.00. The third-order valence-electron chi connectivity index (χ3n) is 7.04. The normalized spacial score (nSPS) is 17.4. The van der Waals surface area contributed by atoms with Crippen LogP contribution in [0.3, 0.4) is 0 Å². The van der Waals surface area contributed by atoms with Gasteiger partial charge in [-0.05, 0) is 77.0 Å². The van der Waals surface area contributed by atoms with E-state index in [9.17, 15) is 0 Å². The molecule has 0 saturated carbocycles. The quantitative estimate of drug-likeness (QED) is 0.366. The first-order valence-corrected chi connectivity index (χ1v) is 14.0. The van der Waals surface area contributed by atoms with E-state index < -0.39 is 0 Å². The minimum Gasteiger partial charge on any atom is -0.146 e. The molecule has 0 nitrogen and oxygen atoms in total. The highest BCUT2D eigenvalue weighted by Crippen LogP contribution is 2.49. The summed E-state index contributed by atoms with van der Waals surface area (Å²) in [4.78, 5) is 0. The van der Waals surface area contributed by atoms with E-state index in [2.05, 4.69) is 116 Å². The van der Waals surface area contributed by atoms with E-state index in [0.29, 0.717) is 0 Å². The van der Waals surface area contributed by atoms with Crippen LogP contribution >= 0.6 is 11.8 Å². The average molecular weight is 467 g/mol. The zero-order chi connectivity index (χ0) is 25.3. The second-order valence-electron chi connectivity index (χ2n) is 10.4. The van der Waals surface area contributed by atoms with Gasteiger partial charge in [-0.3, -0.25) is 0 Å². The van der Waals surface area contributed by atoms with E-state index in [0.717, 1.165) is 0 Å². The van der Waals surface area contributed by atoms with Crippen LogP contribution in [0.2, 0.25) is 0 Å². The Kier molecular flexibility index (Phi) is 11.5. The molecule has 0 N–H and O–H groups in total. The molecule has 0 saturated heterocycles. The summed E-state index contributed by atoms with van der Waals surface area (Å²) in [5.74, 6) is 1.18. The largest absolute Gasteiger partial charge is 0.146 e. The molecule has 1 aliphatic rings. The van der Waals surface area contributed by atoms with Crippen LogP contribution in [-0.4, -0.2) is 5.75 Å². The van der Waals surface area contributed by atoms with Gasteiger partial charge in [0.05, 0.1) is 4.75 Å². The van der Waals surface area contributed by atoms with Crippen LogP contribution in [0.25, 0.3) is 0 Å². The molecular formula is C32H50S. The lowest BCUT2D eigenvalue weighted by molar-refractivity contribution is 0.331. The Morgan fingerprint density at radius 2 is 1.30 bits per heavy atom. The maximum absolute atomic E-state index is 3.00. The highest BCUT2D eigenvalue weighted by molar-refractivity contribution is 8.00. The zero-order valence-electron chi connectivity index (χ0n) is 23.1. The molecule has 0 fully saturated rings. The van der Waals surface area contributed by atoms with Crippen LogP contribution in [0.15, 0.2) is 55.6 Å². The van der Waals surface area contributed by atoms with Gasteiger partial charge in [-0.2, -0.15) is 0 Å². The number of benzene rings is 2. The molecule has 2 aromatic carbocycles. The smallest absolute Gasteiger partial charge is 0.0628 e. The van der Waals surface area contributed by atoms with Gasteiger partial charge in [0, 0.05) is 0 Å². The van der Waals surface area contributed by atoms with Crippen molar-refractivity contribution < 1.29 is 0 Å². The first kappa shape index (κ1) is 29.6. The van der Waals surface area contributed by atoms with Gasteiger partial charge in [0.15, 0.2) is 0 Å². The topological polar surface area (TPSA) is 0 Å². The number of rotatable bonds is 7. The van der Waals surface area contributed by atoms with Crippen molar-refractivity contribution in [2.24, 2.45) is 0 Å². The Bertz CT molecular complexity index is 843. The Morgan fingerprint density at radius 1 is 0.788 bits per heavy atom. The number of aryl methyl sites for hydroxylation is 1. The predicted octanol–water partition coefficient (Wildman–Crippen LogP) is 10.2. The van der Waals surface area contributed by atoms with Crippen LogP contribution in [-0.2, 0) is 22.0 Å². The summed E-state index contributed by atoms with van der Waals surface area (Å²) in [6.07, 6.45) is 6.11. The average Bonchev–Trinajstić information content (AvgIpc) is 2.83. The second-order valence-corrected chi connectivity index (χ2v) is 11.9. The summed E-state index contributed by atoms with van der Waals surface area (Å²) >= 11 is 2.10. The maximum Gasteiger partial charge on any atom is 0.0628 e. The van der Waals surface area contributed by atoms with E-state index >= 15 is 0 Å². The molecule has 33 heavy (non-hydrogen) atoms. The lowest BCUT2D eigenvalue weighted by Gasteiger charge is -2.43. The highest BCUT2D eigenvalue weighted by Gasteiger charge is 2.39. The first-order valence-electron chi connectivity index (χ1n) is 13.0. The molecule has 3 rings (SSSR count). The predicted molar refractivity (Wildman–Crippen MR) is 154 cm³/mol. The number of fused-ring (bicyclic) bond motifs is 1. The van der Waals surface area contributed by atoms with Gasteiger partial charge in [0.1, 0.15) is 0 Å². The van der Waals surface area contributed by atoms with Crippen LogP contribution in [0.1, 0.15) is 116 Å². The molecule has 1 atom stereocenters. The zero-order valence-corrected chi connectivity index (χ0v) is 23.9. The molecule has 0 radical (unpaired) electrons. The van der Waals surface area contributed by atoms with Crippen molar-refractivity contribution >= 4 is 11.8 Å². The molecule has 0 aliphatic heterocycles. The molecule has 0 spiro atoms. The van der Waals surface area contributed by atoms with Crippen molar-refractivity contribution in [3.05, 3.63) is 83.4 Å². The molecule has 1 aliphatic carbocycles. The lowest BCUT2D eigenvalue weighted by atomic mass is 9.62. The van der Waals surface area contributed by atoms with Crippen molar-refractivity contribution in [2.45, 2.75) is 110 Å². The fourth-order valence-corrected chi connectivity index (χ4v) is 6.01. The van der Waals surface area contributed by atoms with Gasteiger partial charge in [-0.25, -0.2) is 0 Å². The van der Waals surface area contributed by atoms with Gasteiger partial charge >= 0.3 is 0 Å². The van der Waals surface area contributed by atoms with Crippen molar-refractivity contribution in [1.29, 1.82) is 0 Å². The number of hydrogen-bond donors (Lipinski definition) is 0. The summed E-state index contributed by atoms with van der Waals surface area (Å²) < 4.78 is -0.00649. The molecule has 0 heterocycles. The van der Waals surface area contributed by atoms with Crippen molar-refractivity contribution in [3.8, 4) is 0 Å². The molecule has 0 bridgehead atoms. The highest BCUT2D eigenvalue weighted by atomic mass is 32.2. The fraction of sp³-hybridized carbons (Fsp3) is 0.562. The van der Waals surface area contributed by atoms with Crippen LogP contribution in [0, 0.1) is 0 Å². The summed E-state index contributed by atoms with van der Waals surface area (Å²) in [6, 6.07) is 16.9. The van der Waals surface area contributed by atoms with Crippen molar-refractivity contribution in [3.63, 3.8) is 0 Å². The van der Waals surface area contributed by atoms with Gasteiger partial charge in [0.25, 0.3) is 0 Å². The summed E-state index contributed by atoms with van der Waals surface area (Å²) in [7, 11) is 0. The molecule has 0 amide bonds. The Hall–Kier alpha value is -1.47. The molecule has 1 unspecified atom stereocenters. The van der Waals surface area contributed by atoms with Crippen LogP contribution in [0.5, 0.6) is 0 Å². The third kappa shape index (κ3) is 6.78. The molecule has 0 aromatic heterocycles. The maximum atomic E-state index is 3.00. The van der Waals surface area contributed by atoms with Gasteiger partial charge in [-0.1, -0.05) is 104 Å². The Labute approximate surface area is 210 Å². The minimum absolute atomic E-state index is 0.00649. The fourth-order valence-electron chi connectivity index (χ4n) is 4.80. The Balaban J connectivity index is 0.00000129. The number of hydrogen-bond acceptors (Lipinski definition) is 1. The van der Waals surface area contributed by atoms with E-state index in [1.54, 1.807) is 11.1 Å². The van der Waals surface area contributed by atoms with Gasteiger partial charge in [0.2, 0.25) is 0 Å². The van der Waals surface area contributed by atoms with Crippen molar-refractivity contribution in [2.75, 3.05) is 5.75 Å². The van der Waals surface area contributed by atoms with Crippen LogP contribution < -0.4 is 0 Å². The van der Waals surface area contributed by atoms with Gasteiger partial charge < -0.3 is 0 Å². The SMILES string of the molecule is C=C.CC.CCCSC(C)(c1ccc(CCC)cc1)c1ccc2c(c1)C(C)(C)CCC2(C)C. The van der Waals surface area contributed by atoms with Crippen molar-refractivity contribution in [1.82, 2.24) is 0 Å². The minimum atomic E-state index is -0.00649. The number of thioether (sulfide) groups is 1. The summed E-state index contributed by atoms with van der Waals surface area (Å²) in [5, 5.41) is 0. The second kappa shape index (κ2) is 12.8. The lowest BCUT2D eigenvalue weighted by Crippen LogP contribution is -2.34. The molecular weight excluding hydrogens is 416 g/mol. The van der Waals surface area contributed by atoms with Gasteiger partial charge in [-0.15, -0.1) is 24.9 Å². The third-order valence-corrected chi connectivity index (χ3v) is 8.70. The van der Waals surface area contributed by atoms with Crippen LogP contribution in [0.4, 0.5) is 0 Å². The Morgan fingerprint density at radius 3 is 1.82 bits per heavy atom. The van der Waals surface area contributed by atoms with E-state index in [4.69, 9.17) is 0 Å². The summed E-state index contributed by atoms with van der Waals surface area (Å²) in [6.45, 7) is 26.7. The monoisotopic (exact) mass is 466 g/mol. The van der Waals surface area contributed by atoms with E-state index in [1.165, 1.54) is 54.5 Å². The van der Waals surface area contributed by atoms with E-state index in [-0.39, 0.29) is 15.6 Å².